The summed E-state index contributed by atoms with van der Waals surface area (Å²) < 4.78 is 0. The number of H-pyrrole nitrogens is 1. The minimum atomic E-state index is -0.993. The molecule has 60 valence electrons. The monoisotopic (exact) mass is 163 g/mol. The highest BCUT2D eigenvalue weighted by atomic mass is 16.4. The number of aromatic carboxylic acids is 1. The van der Waals surface area contributed by atoms with Crippen molar-refractivity contribution in [3.05, 3.63) is 24.3 Å². The third kappa shape index (κ3) is 0.914. The Morgan fingerprint density at radius 1 is 1.58 bits per heavy atom. The molecule has 0 spiro atoms. The molecule has 0 aliphatic rings. The lowest BCUT2D eigenvalue weighted by Crippen LogP contribution is -1.94. The maximum absolute atomic E-state index is 10.5. The lowest BCUT2D eigenvalue weighted by atomic mass is 10.4. The van der Waals surface area contributed by atoms with Gasteiger partial charge >= 0.3 is 5.97 Å². The molecule has 0 aliphatic heterocycles. The van der Waals surface area contributed by atoms with Gasteiger partial charge in [0.25, 0.3) is 0 Å². The highest BCUT2D eigenvalue weighted by molar-refractivity contribution is 5.92. The first-order valence-corrected chi connectivity index (χ1v) is 3.29. The Balaban J connectivity index is 2.70. The number of carboxylic acids is 1. The first kappa shape index (κ1) is 6.78. The number of carboxylic acid groups (broad SMARTS) is 1. The van der Waals surface area contributed by atoms with Gasteiger partial charge < -0.3 is 10.1 Å². The molecule has 2 aromatic rings. The Labute approximate surface area is 67.1 Å². The summed E-state index contributed by atoms with van der Waals surface area (Å²) in [5.41, 5.74) is 0.674. The van der Waals surface area contributed by atoms with E-state index in [0.29, 0.717) is 11.0 Å². The van der Waals surface area contributed by atoms with Crippen LogP contribution < -0.4 is 0 Å². The first-order valence-electron chi connectivity index (χ1n) is 3.29. The van der Waals surface area contributed by atoms with Crippen molar-refractivity contribution in [1.29, 1.82) is 0 Å². The SMILES string of the molecule is O=C(O)c1cc2cncnc2[nH]1. The molecule has 0 radical (unpaired) electrons. The summed E-state index contributed by atoms with van der Waals surface area (Å²) in [5, 5.41) is 9.31. The van der Waals surface area contributed by atoms with E-state index in [1.54, 1.807) is 6.20 Å². The highest BCUT2D eigenvalue weighted by Gasteiger charge is 2.06. The molecule has 0 saturated heterocycles. The van der Waals surface area contributed by atoms with E-state index in [1.165, 1.54) is 12.4 Å². The smallest absolute Gasteiger partial charge is 0.352 e. The van der Waals surface area contributed by atoms with Crippen molar-refractivity contribution in [2.45, 2.75) is 0 Å². The van der Waals surface area contributed by atoms with Crippen LogP contribution in [0.15, 0.2) is 18.6 Å². The molecule has 2 N–H and O–H groups in total. The molecule has 0 saturated carbocycles. The van der Waals surface area contributed by atoms with Gasteiger partial charge in [-0.1, -0.05) is 0 Å². The van der Waals surface area contributed by atoms with Crippen LogP contribution in [0.1, 0.15) is 10.5 Å². The Morgan fingerprint density at radius 3 is 3.08 bits per heavy atom. The van der Waals surface area contributed by atoms with Crippen LogP contribution in [-0.2, 0) is 0 Å². The van der Waals surface area contributed by atoms with Crippen molar-refractivity contribution in [2.24, 2.45) is 0 Å². The molecule has 12 heavy (non-hydrogen) atoms. The third-order valence-electron chi connectivity index (χ3n) is 1.52. The van der Waals surface area contributed by atoms with Gasteiger partial charge in [0, 0.05) is 11.6 Å². The van der Waals surface area contributed by atoms with Crippen LogP contribution in [0.4, 0.5) is 0 Å². The van der Waals surface area contributed by atoms with E-state index in [4.69, 9.17) is 5.11 Å². The quantitative estimate of drug-likeness (QED) is 0.647. The Bertz CT molecular complexity index is 402. The minimum absolute atomic E-state index is 0.130. The molecule has 0 aromatic carbocycles. The van der Waals surface area contributed by atoms with E-state index >= 15 is 0 Å². The summed E-state index contributed by atoms with van der Waals surface area (Å²) in [6, 6.07) is 1.50. The summed E-state index contributed by atoms with van der Waals surface area (Å²) in [6.07, 6.45) is 2.93. The number of aromatic nitrogens is 3. The van der Waals surface area contributed by atoms with Gasteiger partial charge in [0.1, 0.15) is 17.7 Å². The molecule has 2 aromatic heterocycles. The molecule has 0 fully saturated rings. The summed E-state index contributed by atoms with van der Waals surface area (Å²) in [6.45, 7) is 0. The maximum Gasteiger partial charge on any atom is 0.352 e. The van der Waals surface area contributed by atoms with Crippen molar-refractivity contribution in [1.82, 2.24) is 15.0 Å². The molecule has 0 amide bonds. The highest BCUT2D eigenvalue weighted by Crippen LogP contribution is 2.10. The Kier molecular flexibility index (Phi) is 1.30. The molecule has 2 heterocycles. The topological polar surface area (TPSA) is 78.9 Å². The van der Waals surface area contributed by atoms with E-state index < -0.39 is 5.97 Å². The summed E-state index contributed by atoms with van der Waals surface area (Å²) in [7, 11) is 0. The lowest BCUT2D eigenvalue weighted by molar-refractivity contribution is 0.0691. The van der Waals surface area contributed by atoms with Crippen molar-refractivity contribution in [3.8, 4) is 0 Å². The molecule has 5 nitrogen and oxygen atoms in total. The Morgan fingerprint density at radius 2 is 2.42 bits per heavy atom. The van der Waals surface area contributed by atoms with Gasteiger partial charge in [0.05, 0.1) is 0 Å². The predicted octanol–water partition coefficient (Wildman–Crippen LogP) is 0.656. The second-order valence-corrected chi connectivity index (χ2v) is 2.31. The van der Waals surface area contributed by atoms with Crippen LogP contribution in [0.25, 0.3) is 11.0 Å². The molecule has 2 rings (SSSR count). The molecule has 0 unspecified atom stereocenters. The van der Waals surface area contributed by atoms with E-state index in [-0.39, 0.29) is 5.69 Å². The zero-order valence-corrected chi connectivity index (χ0v) is 5.98. The second kappa shape index (κ2) is 2.30. The van der Waals surface area contributed by atoms with Gasteiger partial charge in [-0.25, -0.2) is 14.8 Å². The molecule has 0 aliphatic carbocycles. The number of fused-ring (bicyclic) bond motifs is 1. The fraction of sp³-hybridized carbons (Fsp3) is 0. The number of carbonyl (C=O) groups is 1. The molecule has 0 bridgehead atoms. The number of rotatable bonds is 1. The van der Waals surface area contributed by atoms with Gasteiger partial charge in [-0.2, -0.15) is 0 Å². The molecule has 0 atom stereocenters. The van der Waals surface area contributed by atoms with E-state index in [9.17, 15) is 4.79 Å². The standard InChI is InChI=1S/C7H5N3O2/c11-7(12)5-1-4-2-8-3-9-6(4)10-5/h1-3H,(H,11,12)(H,8,9,10). The number of aromatic amines is 1. The van der Waals surface area contributed by atoms with E-state index in [1.807, 2.05) is 0 Å². The number of nitrogens with zero attached hydrogens (tertiary/aromatic N) is 2. The van der Waals surface area contributed by atoms with Crippen molar-refractivity contribution >= 4 is 17.0 Å². The van der Waals surface area contributed by atoms with Crippen LogP contribution in [-0.4, -0.2) is 26.0 Å². The van der Waals surface area contributed by atoms with E-state index in [2.05, 4.69) is 15.0 Å². The molecular formula is C7H5N3O2. The van der Waals surface area contributed by atoms with Crippen molar-refractivity contribution in [2.75, 3.05) is 0 Å². The molecule has 5 heteroatoms. The average molecular weight is 163 g/mol. The molecular weight excluding hydrogens is 158 g/mol. The summed E-state index contributed by atoms with van der Waals surface area (Å²) in [5.74, 6) is -0.993. The van der Waals surface area contributed by atoms with Crippen LogP contribution in [0.5, 0.6) is 0 Å². The zero-order chi connectivity index (χ0) is 8.55. The Hall–Kier alpha value is -1.91. The van der Waals surface area contributed by atoms with Crippen LogP contribution in [0.2, 0.25) is 0 Å². The largest absolute Gasteiger partial charge is 0.477 e. The third-order valence-corrected chi connectivity index (χ3v) is 1.52. The fourth-order valence-corrected chi connectivity index (χ4v) is 0.985. The second-order valence-electron chi connectivity index (χ2n) is 2.31. The number of nitrogens with one attached hydrogen (secondary N) is 1. The van der Waals surface area contributed by atoms with Crippen molar-refractivity contribution in [3.63, 3.8) is 0 Å². The number of hydrogen-bond acceptors (Lipinski definition) is 3. The van der Waals surface area contributed by atoms with Crippen LogP contribution >= 0.6 is 0 Å². The van der Waals surface area contributed by atoms with Crippen LogP contribution in [0, 0.1) is 0 Å². The summed E-state index contributed by atoms with van der Waals surface area (Å²) in [4.78, 5) is 20.8. The fourth-order valence-electron chi connectivity index (χ4n) is 0.985. The van der Waals surface area contributed by atoms with Gasteiger partial charge in [0.15, 0.2) is 0 Å². The average Bonchev–Trinajstić information content (AvgIpc) is 2.46. The summed E-state index contributed by atoms with van der Waals surface area (Å²) >= 11 is 0. The first-order chi connectivity index (χ1) is 5.77. The lowest BCUT2D eigenvalue weighted by Gasteiger charge is -1.83. The van der Waals surface area contributed by atoms with E-state index in [0.717, 1.165) is 0 Å². The van der Waals surface area contributed by atoms with Crippen molar-refractivity contribution < 1.29 is 9.90 Å². The predicted molar refractivity (Wildman–Crippen MR) is 40.8 cm³/mol. The van der Waals surface area contributed by atoms with Gasteiger partial charge in [-0.15, -0.1) is 0 Å². The normalized spacial score (nSPS) is 10.3. The van der Waals surface area contributed by atoms with Gasteiger partial charge in [-0.05, 0) is 6.07 Å². The van der Waals surface area contributed by atoms with Gasteiger partial charge in [-0.3, -0.25) is 0 Å². The zero-order valence-electron chi connectivity index (χ0n) is 5.98. The minimum Gasteiger partial charge on any atom is -0.477 e. The maximum atomic E-state index is 10.5. The van der Waals surface area contributed by atoms with Crippen LogP contribution in [0.3, 0.4) is 0 Å². The van der Waals surface area contributed by atoms with Gasteiger partial charge in [0.2, 0.25) is 0 Å². The number of hydrogen-bond donors (Lipinski definition) is 2.